The second-order valence-electron chi connectivity index (χ2n) is 5.10. The summed E-state index contributed by atoms with van der Waals surface area (Å²) in [6, 6.07) is 14.0. The number of phenols is 1. The zero-order chi connectivity index (χ0) is 16.0. The number of rotatable bonds is 2. The standard InChI is InChI=1S/C18H12O5/c1-21-13-8-7-12-11(16(13)19)9-14-17(22-12)15(18(20)23-14)10-5-3-2-4-6-10/h2-9,19H,1H3. The first-order valence-electron chi connectivity index (χ1n) is 7.01. The molecule has 0 fully saturated rings. The monoisotopic (exact) mass is 308 g/mol. The van der Waals surface area contributed by atoms with Crippen LogP contribution in [0.3, 0.4) is 0 Å². The van der Waals surface area contributed by atoms with Gasteiger partial charge in [-0.2, -0.15) is 0 Å². The Morgan fingerprint density at radius 1 is 1.04 bits per heavy atom. The van der Waals surface area contributed by atoms with Gasteiger partial charge in [0, 0.05) is 0 Å². The lowest BCUT2D eigenvalue weighted by Crippen LogP contribution is -1.95. The Bertz CT molecular complexity index is 1030. The molecule has 5 nitrogen and oxygen atoms in total. The highest BCUT2D eigenvalue weighted by molar-refractivity contribution is 5.91. The van der Waals surface area contributed by atoms with Crippen LogP contribution in [0.4, 0.5) is 0 Å². The number of phenolic OH excluding ortho intramolecular Hbond substituents is 1. The lowest BCUT2D eigenvalue weighted by atomic mass is 10.1. The smallest absolute Gasteiger partial charge is 0.348 e. The predicted molar refractivity (Wildman–Crippen MR) is 85.0 cm³/mol. The van der Waals surface area contributed by atoms with Crippen molar-refractivity contribution in [2.45, 2.75) is 0 Å². The number of furan rings is 1. The van der Waals surface area contributed by atoms with Gasteiger partial charge in [0.25, 0.3) is 0 Å². The van der Waals surface area contributed by atoms with E-state index in [4.69, 9.17) is 13.6 Å². The van der Waals surface area contributed by atoms with Gasteiger partial charge in [-0.15, -0.1) is 0 Å². The molecule has 0 aromatic heterocycles. The molecule has 0 bridgehead atoms. The Morgan fingerprint density at radius 2 is 1.83 bits per heavy atom. The van der Waals surface area contributed by atoms with E-state index in [2.05, 4.69) is 0 Å². The minimum Gasteiger partial charge on any atom is -0.504 e. The van der Waals surface area contributed by atoms with Crippen molar-refractivity contribution in [3.05, 3.63) is 59.0 Å². The molecule has 0 aliphatic carbocycles. The molecule has 4 rings (SSSR count). The molecule has 2 aliphatic rings. The second kappa shape index (κ2) is 4.91. The van der Waals surface area contributed by atoms with Crippen LogP contribution in [0.15, 0.2) is 62.2 Å². The molecule has 0 saturated carbocycles. The summed E-state index contributed by atoms with van der Waals surface area (Å²) in [6.45, 7) is 0. The van der Waals surface area contributed by atoms with Gasteiger partial charge < -0.3 is 18.7 Å². The molecule has 0 saturated heterocycles. The third-order valence-electron chi connectivity index (χ3n) is 3.77. The van der Waals surface area contributed by atoms with Gasteiger partial charge in [0.15, 0.2) is 23.0 Å². The number of hydrogen-bond donors (Lipinski definition) is 1. The Kier molecular flexibility index (Phi) is 2.87. The van der Waals surface area contributed by atoms with E-state index in [1.54, 1.807) is 18.2 Å². The van der Waals surface area contributed by atoms with Crippen LogP contribution >= 0.6 is 0 Å². The minimum absolute atomic E-state index is 0.0549. The lowest BCUT2D eigenvalue weighted by Gasteiger charge is -2.08. The minimum atomic E-state index is -0.475. The summed E-state index contributed by atoms with van der Waals surface area (Å²) in [4.78, 5) is 12.2. The van der Waals surface area contributed by atoms with E-state index < -0.39 is 5.63 Å². The van der Waals surface area contributed by atoms with E-state index in [-0.39, 0.29) is 11.5 Å². The van der Waals surface area contributed by atoms with Crippen molar-refractivity contribution < 1.29 is 18.7 Å². The van der Waals surface area contributed by atoms with E-state index in [1.165, 1.54) is 7.11 Å². The van der Waals surface area contributed by atoms with Gasteiger partial charge in [-0.3, -0.25) is 0 Å². The van der Waals surface area contributed by atoms with Crippen LogP contribution in [0.5, 0.6) is 11.5 Å². The molecule has 2 heterocycles. The van der Waals surface area contributed by atoms with Gasteiger partial charge >= 0.3 is 5.63 Å². The molecule has 2 aromatic carbocycles. The van der Waals surface area contributed by atoms with Crippen LogP contribution < -0.4 is 10.4 Å². The molecule has 0 atom stereocenters. The molecule has 0 amide bonds. The fourth-order valence-corrected chi connectivity index (χ4v) is 2.67. The normalized spacial score (nSPS) is 11.2. The highest BCUT2D eigenvalue weighted by Gasteiger charge is 2.24. The van der Waals surface area contributed by atoms with E-state index >= 15 is 0 Å². The van der Waals surface area contributed by atoms with Crippen LogP contribution in [0.25, 0.3) is 33.6 Å². The second-order valence-corrected chi connectivity index (χ2v) is 5.10. The van der Waals surface area contributed by atoms with Crippen LogP contribution in [0, 0.1) is 0 Å². The summed E-state index contributed by atoms with van der Waals surface area (Å²) < 4.78 is 16.2. The largest absolute Gasteiger partial charge is 0.504 e. The third kappa shape index (κ3) is 1.97. The first-order valence-corrected chi connectivity index (χ1v) is 7.01. The first kappa shape index (κ1) is 13.5. The maximum absolute atomic E-state index is 12.2. The molecule has 5 heteroatoms. The summed E-state index contributed by atoms with van der Waals surface area (Å²) in [5.74, 6) is 0.910. The number of ether oxygens (including phenoxy) is 1. The summed E-state index contributed by atoms with van der Waals surface area (Å²) in [6.07, 6.45) is 0. The summed E-state index contributed by atoms with van der Waals surface area (Å²) in [5.41, 5.74) is 1.06. The van der Waals surface area contributed by atoms with Crippen molar-refractivity contribution >= 4 is 11.0 Å². The molecule has 0 spiro atoms. The number of methoxy groups -OCH3 is 1. The summed E-state index contributed by atoms with van der Waals surface area (Å²) >= 11 is 0. The predicted octanol–water partition coefficient (Wildman–Crippen LogP) is 3.87. The van der Waals surface area contributed by atoms with Gasteiger partial charge in [0.1, 0.15) is 11.1 Å². The Morgan fingerprint density at radius 3 is 2.57 bits per heavy atom. The molecule has 23 heavy (non-hydrogen) atoms. The number of fused-ring (bicyclic) bond motifs is 2. The highest BCUT2D eigenvalue weighted by Crippen LogP contribution is 2.40. The van der Waals surface area contributed by atoms with Crippen molar-refractivity contribution in [2.75, 3.05) is 7.11 Å². The van der Waals surface area contributed by atoms with Crippen molar-refractivity contribution in [3.8, 4) is 34.1 Å². The Labute approximate surface area is 130 Å². The first-order chi connectivity index (χ1) is 11.2. The van der Waals surface area contributed by atoms with E-state index in [1.807, 2.05) is 30.3 Å². The van der Waals surface area contributed by atoms with Crippen molar-refractivity contribution in [3.63, 3.8) is 0 Å². The lowest BCUT2D eigenvalue weighted by molar-refractivity contribution is 0.376. The van der Waals surface area contributed by atoms with Gasteiger partial charge in [-0.1, -0.05) is 30.3 Å². The SMILES string of the molecule is COc1ccc2oc3c(-c4ccccc4)c(=O)oc-3cc2c1O. The molecule has 1 N–H and O–H groups in total. The van der Waals surface area contributed by atoms with E-state index in [0.29, 0.717) is 28.0 Å². The zero-order valence-corrected chi connectivity index (χ0v) is 12.2. The fourth-order valence-electron chi connectivity index (χ4n) is 2.67. The average molecular weight is 308 g/mol. The van der Waals surface area contributed by atoms with E-state index in [9.17, 15) is 9.90 Å². The van der Waals surface area contributed by atoms with Crippen LogP contribution in [0.1, 0.15) is 0 Å². The van der Waals surface area contributed by atoms with Gasteiger partial charge in [0.2, 0.25) is 0 Å². The zero-order valence-electron chi connectivity index (χ0n) is 12.2. The highest BCUT2D eigenvalue weighted by atomic mass is 16.5. The van der Waals surface area contributed by atoms with Crippen LogP contribution in [-0.4, -0.2) is 12.2 Å². The maximum Gasteiger partial charge on any atom is 0.348 e. The molecule has 2 aromatic rings. The van der Waals surface area contributed by atoms with Crippen molar-refractivity contribution in [2.24, 2.45) is 0 Å². The fraction of sp³-hybridized carbons (Fsp3) is 0.0556. The molecule has 0 radical (unpaired) electrons. The molecule has 2 aliphatic heterocycles. The summed E-state index contributed by atoms with van der Waals surface area (Å²) in [5, 5.41) is 10.6. The molecule has 0 unspecified atom stereocenters. The van der Waals surface area contributed by atoms with Crippen molar-refractivity contribution in [1.29, 1.82) is 0 Å². The quantitative estimate of drug-likeness (QED) is 0.608. The van der Waals surface area contributed by atoms with Crippen LogP contribution in [-0.2, 0) is 0 Å². The Balaban J connectivity index is 2.06. The molecular weight excluding hydrogens is 296 g/mol. The van der Waals surface area contributed by atoms with E-state index in [0.717, 1.165) is 5.56 Å². The topological polar surface area (TPSA) is 72.8 Å². The van der Waals surface area contributed by atoms with Gasteiger partial charge in [-0.25, -0.2) is 4.79 Å². The number of hydrogen-bond acceptors (Lipinski definition) is 5. The molecular formula is C18H12O5. The number of benzene rings is 2. The van der Waals surface area contributed by atoms with Gasteiger partial charge in [0.05, 0.1) is 12.5 Å². The third-order valence-corrected chi connectivity index (χ3v) is 3.77. The maximum atomic E-state index is 12.2. The average Bonchev–Trinajstić information content (AvgIpc) is 2.89. The molecule has 114 valence electrons. The van der Waals surface area contributed by atoms with Gasteiger partial charge in [-0.05, 0) is 23.8 Å². The van der Waals surface area contributed by atoms with Crippen molar-refractivity contribution in [1.82, 2.24) is 0 Å². The summed E-state index contributed by atoms with van der Waals surface area (Å²) in [7, 11) is 1.46. The van der Waals surface area contributed by atoms with Crippen LogP contribution in [0.2, 0.25) is 0 Å². The Hall–Kier alpha value is -3.21. The number of aromatic hydroxyl groups is 1.